The van der Waals surface area contributed by atoms with Gasteiger partial charge in [0.15, 0.2) is 0 Å². The topological polar surface area (TPSA) is 46.5 Å². The van der Waals surface area contributed by atoms with Crippen molar-refractivity contribution in [2.45, 2.75) is 13.3 Å². The maximum atomic E-state index is 6.22. The summed E-state index contributed by atoms with van der Waals surface area (Å²) in [5.41, 5.74) is 5.71. The largest absolute Gasteiger partial charge is 0.492 e. The summed E-state index contributed by atoms with van der Waals surface area (Å²) in [5.74, 6) is 0.686. The normalized spacial score (nSPS) is 11.0. The predicted octanol–water partition coefficient (Wildman–Crippen LogP) is 6.35. The molecule has 3 rings (SSSR count). The molecule has 26 heavy (non-hydrogen) atoms. The number of nitrogens with one attached hydrogen (secondary N) is 1. The summed E-state index contributed by atoms with van der Waals surface area (Å²) in [4.78, 5) is 4.51. The van der Waals surface area contributed by atoms with Crippen molar-refractivity contribution in [1.29, 1.82) is 0 Å². The maximum absolute atomic E-state index is 6.22. The summed E-state index contributed by atoms with van der Waals surface area (Å²) in [6.07, 6.45) is 2.63. The van der Waals surface area contributed by atoms with Crippen LogP contribution < -0.4 is 10.2 Å². The molecule has 1 heterocycles. The first-order chi connectivity index (χ1) is 12.7. The molecule has 2 aromatic carbocycles. The van der Waals surface area contributed by atoms with E-state index in [1.165, 1.54) is 11.3 Å². The van der Waals surface area contributed by atoms with E-state index in [4.69, 9.17) is 27.9 Å². The number of ether oxygens (including phenoxy) is 1. The van der Waals surface area contributed by atoms with Crippen molar-refractivity contribution in [2.24, 2.45) is 5.10 Å². The number of thiazole rings is 1. The van der Waals surface area contributed by atoms with Crippen molar-refractivity contribution in [3.05, 3.63) is 63.5 Å². The zero-order valence-electron chi connectivity index (χ0n) is 14.1. The molecule has 134 valence electrons. The Balaban J connectivity index is 1.62. The summed E-state index contributed by atoms with van der Waals surface area (Å²) in [6.45, 7) is 2.70. The fourth-order valence-electron chi connectivity index (χ4n) is 2.17. The molecule has 0 unspecified atom stereocenters. The number of nitrogens with zero attached hydrogens (tertiary/aromatic N) is 2. The van der Waals surface area contributed by atoms with E-state index in [9.17, 15) is 0 Å². The Labute approximate surface area is 166 Å². The van der Waals surface area contributed by atoms with Crippen molar-refractivity contribution in [3.63, 3.8) is 0 Å². The fourth-order valence-corrected chi connectivity index (χ4v) is 3.20. The fraction of sp³-hybridized carbons (Fsp3) is 0.158. The molecule has 0 bridgehead atoms. The van der Waals surface area contributed by atoms with Gasteiger partial charge < -0.3 is 4.74 Å². The van der Waals surface area contributed by atoms with Crippen LogP contribution in [0.25, 0.3) is 11.3 Å². The zero-order valence-corrected chi connectivity index (χ0v) is 16.4. The first kappa shape index (κ1) is 18.7. The SMILES string of the molecule is CCCOc1ccc(/C=N\Nc2nc(-c3ccc(Cl)cc3)cs2)cc1Cl. The van der Waals surface area contributed by atoms with E-state index in [0.29, 0.717) is 27.5 Å². The van der Waals surface area contributed by atoms with Gasteiger partial charge in [-0.1, -0.05) is 42.3 Å². The number of hydrogen-bond donors (Lipinski definition) is 1. The van der Waals surface area contributed by atoms with Gasteiger partial charge >= 0.3 is 0 Å². The molecule has 7 heteroatoms. The van der Waals surface area contributed by atoms with Crippen molar-refractivity contribution < 1.29 is 4.74 Å². The van der Waals surface area contributed by atoms with Crippen LogP contribution >= 0.6 is 34.5 Å². The predicted molar refractivity (Wildman–Crippen MR) is 111 cm³/mol. The van der Waals surface area contributed by atoms with Gasteiger partial charge in [0.1, 0.15) is 5.75 Å². The highest BCUT2D eigenvalue weighted by Crippen LogP contribution is 2.27. The number of anilines is 1. The lowest BCUT2D eigenvalue weighted by atomic mass is 10.2. The van der Waals surface area contributed by atoms with Crippen LogP contribution in [0.5, 0.6) is 5.75 Å². The van der Waals surface area contributed by atoms with E-state index >= 15 is 0 Å². The molecule has 1 N–H and O–H groups in total. The smallest absolute Gasteiger partial charge is 0.203 e. The lowest BCUT2D eigenvalue weighted by Crippen LogP contribution is -1.96. The molecule has 0 aliphatic heterocycles. The number of benzene rings is 2. The Morgan fingerprint density at radius 1 is 1.19 bits per heavy atom. The zero-order chi connectivity index (χ0) is 18.4. The lowest BCUT2D eigenvalue weighted by molar-refractivity contribution is 0.317. The summed E-state index contributed by atoms with van der Waals surface area (Å²) in [6, 6.07) is 13.1. The standard InChI is InChI=1S/C19H17Cl2N3OS/c1-2-9-25-18-8-3-13(10-16(18)21)11-22-24-19-23-17(12-26-19)14-4-6-15(20)7-5-14/h3-8,10-12H,2,9H2,1H3,(H,23,24)/b22-11-. The van der Waals surface area contributed by atoms with E-state index in [1.807, 2.05) is 47.8 Å². The lowest BCUT2D eigenvalue weighted by Gasteiger charge is -2.06. The minimum Gasteiger partial charge on any atom is -0.492 e. The summed E-state index contributed by atoms with van der Waals surface area (Å²) in [5, 5.41) is 8.17. The van der Waals surface area contributed by atoms with E-state index in [0.717, 1.165) is 23.2 Å². The number of hydrogen-bond acceptors (Lipinski definition) is 5. The third-order valence-corrected chi connectivity index (χ3v) is 4.73. The molecule has 0 saturated carbocycles. The number of aromatic nitrogens is 1. The number of halogens is 2. The molecule has 0 atom stereocenters. The van der Waals surface area contributed by atoms with Gasteiger partial charge in [0.25, 0.3) is 0 Å². The van der Waals surface area contributed by atoms with Gasteiger partial charge in [-0.05, 0) is 42.3 Å². The number of hydrazone groups is 1. The van der Waals surface area contributed by atoms with Crippen LogP contribution in [0.3, 0.4) is 0 Å². The minimum absolute atomic E-state index is 0.571. The third-order valence-electron chi connectivity index (χ3n) is 3.44. The molecule has 0 spiro atoms. The summed E-state index contributed by atoms with van der Waals surface area (Å²) >= 11 is 13.6. The van der Waals surface area contributed by atoms with Crippen LogP contribution in [0, 0.1) is 0 Å². The molecule has 0 saturated heterocycles. The second-order valence-corrected chi connectivity index (χ2v) is 7.15. The molecule has 1 aromatic heterocycles. The summed E-state index contributed by atoms with van der Waals surface area (Å²) < 4.78 is 5.56. The first-order valence-corrected chi connectivity index (χ1v) is 9.72. The van der Waals surface area contributed by atoms with Gasteiger partial charge in [-0.3, -0.25) is 5.43 Å². The van der Waals surface area contributed by atoms with E-state index in [1.54, 1.807) is 6.21 Å². The molecule has 3 aromatic rings. The van der Waals surface area contributed by atoms with Gasteiger partial charge in [0.05, 0.1) is 23.5 Å². The van der Waals surface area contributed by atoms with E-state index in [2.05, 4.69) is 22.4 Å². The molecular formula is C19H17Cl2N3OS. The van der Waals surface area contributed by atoms with Crippen LogP contribution in [0.2, 0.25) is 10.0 Å². The molecule has 0 aliphatic rings. The molecule has 4 nitrogen and oxygen atoms in total. The Hall–Kier alpha value is -2.08. The molecular weight excluding hydrogens is 389 g/mol. The highest BCUT2D eigenvalue weighted by Gasteiger charge is 2.04. The highest BCUT2D eigenvalue weighted by atomic mass is 35.5. The second-order valence-electron chi connectivity index (χ2n) is 5.45. The van der Waals surface area contributed by atoms with Crippen LogP contribution in [-0.4, -0.2) is 17.8 Å². The number of rotatable bonds is 7. The van der Waals surface area contributed by atoms with Gasteiger partial charge in [0.2, 0.25) is 5.13 Å². The Bertz CT molecular complexity index is 894. The Morgan fingerprint density at radius 3 is 2.73 bits per heavy atom. The van der Waals surface area contributed by atoms with Gasteiger partial charge in [-0.15, -0.1) is 11.3 Å². The third kappa shape index (κ3) is 4.97. The average Bonchev–Trinajstić information content (AvgIpc) is 3.10. The Kier molecular flexibility index (Phi) is 6.50. The molecule has 0 radical (unpaired) electrons. The first-order valence-electron chi connectivity index (χ1n) is 8.08. The maximum Gasteiger partial charge on any atom is 0.203 e. The van der Waals surface area contributed by atoms with Gasteiger partial charge in [-0.25, -0.2) is 4.98 Å². The van der Waals surface area contributed by atoms with Crippen molar-refractivity contribution in [3.8, 4) is 17.0 Å². The molecule has 0 fully saturated rings. The quantitative estimate of drug-likeness (QED) is 0.367. The van der Waals surface area contributed by atoms with Crippen molar-refractivity contribution in [1.82, 2.24) is 4.98 Å². The van der Waals surface area contributed by atoms with E-state index in [-0.39, 0.29) is 0 Å². The van der Waals surface area contributed by atoms with Crippen LogP contribution in [0.15, 0.2) is 52.9 Å². The molecule has 0 amide bonds. The second kappa shape index (κ2) is 9.03. The van der Waals surface area contributed by atoms with Crippen LogP contribution in [0.1, 0.15) is 18.9 Å². The molecule has 0 aliphatic carbocycles. The van der Waals surface area contributed by atoms with Crippen LogP contribution in [-0.2, 0) is 0 Å². The highest BCUT2D eigenvalue weighted by molar-refractivity contribution is 7.14. The van der Waals surface area contributed by atoms with Crippen molar-refractivity contribution in [2.75, 3.05) is 12.0 Å². The Morgan fingerprint density at radius 2 is 2.00 bits per heavy atom. The minimum atomic E-state index is 0.571. The van der Waals surface area contributed by atoms with E-state index < -0.39 is 0 Å². The van der Waals surface area contributed by atoms with Crippen molar-refractivity contribution >= 4 is 45.9 Å². The van der Waals surface area contributed by atoms with Gasteiger partial charge in [-0.2, -0.15) is 5.10 Å². The monoisotopic (exact) mass is 405 g/mol. The summed E-state index contributed by atoms with van der Waals surface area (Å²) in [7, 11) is 0. The van der Waals surface area contributed by atoms with Gasteiger partial charge in [0, 0.05) is 16.0 Å². The van der Waals surface area contributed by atoms with Crippen LogP contribution in [0.4, 0.5) is 5.13 Å². The average molecular weight is 406 g/mol.